The molecule has 0 aromatic heterocycles. The van der Waals surface area contributed by atoms with Crippen molar-refractivity contribution in [1.82, 2.24) is 0 Å². The van der Waals surface area contributed by atoms with Crippen LogP contribution in [-0.4, -0.2) is 24.2 Å². The third-order valence-electron chi connectivity index (χ3n) is 4.08. The maximum absolute atomic E-state index is 12.4. The fourth-order valence-electron chi connectivity index (χ4n) is 2.55. The molecule has 1 amide bonds. The maximum Gasteiger partial charge on any atom is 0.256 e. The molecule has 4 nitrogen and oxygen atoms in total. The van der Waals surface area contributed by atoms with Crippen LogP contribution in [0.3, 0.4) is 0 Å². The number of aliphatic hydroxyl groups is 1. The molecule has 0 spiro atoms. The van der Waals surface area contributed by atoms with Gasteiger partial charge in [-0.3, -0.25) is 4.79 Å². The van der Waals surface area contributed by atoms with Crippen LogP contribution in [0.5, 0.6) is 5.75 Å². The number of ether oxygens (including phenoxy) is 1. The van der Waals surface area contributed by atoms with E-state index < -0.39 is 0 Å². The average Bonchev–Trinajstić information content (AvgIpc) is 2.89. The van der Waals surface area contributed by atoms with Gasteiger partial charge in [-0.1, -0.05) is 43.1 Å². The van der Waals surface area contributed by atoms with Crippen LogP contribution < -0.4 is 10.1 Å². The molecule has 0 saturated carbocycles. The number of hydrogen-bond acceptors (Lipinski definition) is 3. The number of fused-ring (bicyclic) bond motifs is 1. The highest BCUT2D eigenvalue weighted by molar-refractivity contribution is 6.37. The van der Waals surface area contributed by atoms with E-state index in [1.807, 2.05) is 13.8 Å². The lowest BCUT2D eigenvalue weighted by Crippen LogP contribution is -2.25. The predicted octanol–water partition coefficient (Wildman–Crippen LogP) is 4.88. The van der Waals surface area contributed by atoms with Gasteiger partial charge in [0.25, 0.3) is 5.91 Å². The zero-order valence-corrected chi connectivity index (χ0v) is 16.0. The first-order chi connectivity index (χ1) is 12.3. The van der Waals surface area contributed by atoms with E-state index in [0.717, 1.165) is 5.56 Å². The highest BCUT2D eigenvalue weighted by atomic mass is 35.5. The van der Waals surface area contributed by atoms with E-state index in [0.29, 0.717) is 39.2 Å². The minimum atomic E-state index is -0.377. The number of anilines is 1. The molecule has 26 heavy (non-hydrogen) atoms. The smallest absolute Gasteiger partial charge is 0.256 e. The van der Waals surface area contributed by atoms with Crippen molar-refractivity contribution in [3.8, 4) is 5.75 Å². The Morgan fingerprint density at radius 3 is 2.58 bits per heavy atom. The Morgan fingerprint density at radius 2 is 1.85 bits per heavy atom. The summed E-state index contributed by atoms with van der Waals surface area (Å²) in [5.41, 5.74) is 2.29. The Bertz CT molecular complexity index is 891. The average molecular weight is 392 g/mol. The highest BCUT2D eigenvalue weighted by Crippen LogP contribution is 2.37. The molecule has 136 valence electrons. The van der Waals surface area contributed by atoms with Crippen molar-refractivity contribution in [2.24, 2.45) is 5.41 Å². The molecule has 1 aliphatic rings. The van der Waals surface area contributed by atoms with E-state index >= 15 is 0 Å². The van der Waals surface area contributed by atoms with Crippen LogP contribution in [0.25, 0.3) is 11.6 Å². The Hall–Kier alpha value is -2.01. The summed E-state index contributed by atoms with van der Waals surface area (Å²) in [7, 11) is 0. The van der Waals surface area contributed by atoms with Crippen LogP contribution in [0.1, 0.15) is 25.0 Å². The van der Waals surface area contributed by atoms with Crippen molar-refractivity contribution in [2.75, 3.05) is 18.5 Å². The van der Waals surface area contributed by atoms with Crippen molar-refractivity contribution >= 4 is 46.4 Å². The van der Waals surface area contributed by atoms with Gasteiger partial charge in [0, 0.05) is 32.2 Å². The Balaban J connectivity index is 1.98. The number of aliphatic hydroxyl groups excluding tert-OH is 1. The lowest BCUT2D eigenvalue weighted by Gasteiger charge is -2.22. The second-order valence-electron chi connectivity index (χ2n) is 7.00. The summed E-state index contributed by atoms with van der Waals surface area (Å²) in [6.07, 6.45) is 1.75. The van der Waals surface area contributed by atoms with Gasteiger partial charge in [-0.2, -0.15) is 0 Å². The second-order valence-corrected chi connectivity index (χ2v) is 7.87. The van der Waals surface area contributed by atoms with E-state index in [1.165, 1.54) is 0 Å². The Labute approximate surface area is 162 Å². The first-order valence-electron chi connectivity index (χ1n) is 8.15. The van der Waals surface area contributed by atoms with E-state index in [2.05, 4.69) is 5.32 Å². The summed E-state index contributed by atoms with van der Waals surface area (Å²) < 4.78 is 5.88. The third-order valence-corrected chi connectivity index (χ3v) is 4.55. The molecule has 0 atom stereocenters. The van der Waals surface area contributed by atoms with Crippen LogP contribution in [0, 0.1) is 5.41 Å². The zero-order chi connectivity index (χ0) is 18.9. The molecule has 1 heterocycles. The third kappa shape index (κ3) is 4.04. The molecular weight excluding hydrogens is 373 g/mol. The quantitative estimate of drug-likeness (QED) is 0.713. The van der Waals surface area contributed by atoms with Crippen molar-refractivity contribution in [2.45, 2.75) is 13.8 Å². The fourth-order valence-corrected chi connectivity index (χ4v) is 2.90. The molecule has 2 aromatic carbocycles. The van der Waals surface area contributed by atoms with Gasteiger partial charge in [-0.05, 0) is 36.4 Å². The molecule has 0 aliphatic carbocycles. The number of halogens is 2. The molecule has 2 aromatic rings. The first kappa shape index (κ1) is 18.8. The normalized spacial score (nSPS) is 15.1. The number of carbonyl (C=O) groups excluding carboxylic acids is 1. The molecule has 6 heteroatoms. The molecule has 0 saturated heterocycles. The number of carbonyl (C=O) groups is 1. The summed E-state index contributed by atoms with van der Waals surface area (Å²) in [4.78, 5) is 12.4. The van der Waals surface area contributed by atoms with Crippen molar-refractivity contribution in [3.63, 3.8) is 0 Å². The molecule has 1 aliphatic heterocycles. The standard InChI is InChI=1S/C20H19Cl2NO3/c1-20(2,10-24)11-26-18-6-4-13(21)7-12(18)8-16-15-5-3-14(22)9-17(15)23-19(16)25/h3-9,24H,10-11H2,1-2H3,(H,23,25)/b16-8-. The minimum absolute atomic E-state index is 0.00749. The molecule has 0 radical (unpaired) electrons. The van der Waals surface area contributed by atoms with E-state index in [4.69, 9.17) is 27.9 Å². The number of hydrogen-bond donors (Lipinski definition) is 2. The van der Waals surface area contributed by atoms with E-state index in [9.17, 15) is 9.90 Å². The summed E-state index contributed by atoms with van der Waals surface area (Å²) in [5.74, 6) is 0.391. The van der Waals surface area contributed by atoms with Crippen LogP contribution >= 0.6 is 23.2 Å². The van der Waals surface area contributed by atoms with Gasteiger partial charge in [0.15, 0.2) is 0 Å². The second kappa shape index (κ2) is 7.31. The van der Waals surface area contributed by atoms with Gasteiger partial charge >= 0.3 is 0 Å². The largest absolute Gasteiger partial charge is 0.492 e. The van der Waals surface area contributed by atoms with Gasteiger partial charge in [0.05, 0.1) is 18.9 Å². The predicted molar refractivity (Wildman–Crippen MR) is 106 cm³/mol. The summed E-state index contributed by atoms with van der Waals surface area (Å²) in [6.45, 7) is 4.16. The van der Waals surface area contributed by atoms with E-state index in [1.54, 1.807) is 42.5 Å². The van der Waals surface area contributed by atoms with Crippen molar-refractivity contribution in [1.29, 1.82) is 0 Å². The molecule has 0 fully saturated rings. The van der Waals surface area contributed by atoms with Crippen LogP contribution in [0.2, 0.25) is 10.0 Å². The molecular formula is C20H19Cl2NO3. The Morgan fingerprint density at radius 1 is 1.15 bits per heavy atom. The first-order valence-corrected chi connectivity index (χ1v) is 8.91. The summed E-state index contributed by atoms with van der Waals surface area (Å²) >= 11 is 12.1. The minimum Gasteiger partial charge on any atom is -0.492 e. The number of amides is 1. The van der Waals surface area contributed by atoms with E-state index in [-0.39, 0.29) is 17.9 Å². The number of nitrogens with one attached hydrogen (secondary N) is 1. The van der Waals surface area contributed by atoms with Crippen molar-refractivity contribution < 1.29 is 14.6 Å². The maximum atomic E-state index is 12.4. The monoisotopic (exact) mass is 391 g/mol. The molecule has 0 unspecified atom stereocenters. The van der Waals surface area contributed by atoms with Gasteiger partial charge in [0.2, 0.25) is 0 Å². The van der Waals surface area contributed by atoms with Crippen LogP contribution in [-0.2, 0) is 4.79 Å². The SMILES string of the molecule is CC(C)(CO)COc1ccc(Cl)cc1/C=C1\C(=O)Nc2cc(Cl)ccc21. The topological polar surface area (TPSA) is 58.6 Å². The van der Waals surface area contributed by atoms with Gasteiger partial charge in [-0.25, -0.2) is 0 Å². The van der Waals surface area contributed by atoms with Gasteiger partial charge in [-0.15, -0.1) is 0 Å². The fraction of sp³-hybridized carbons (Fsp3) is 0.250. The lowest BCUT2D eigenvalue weighted by atomic mass is 9.96. The molecule has 0 bridgehead atoms. The molecule has 2 N–H and O–H groups in total. The summed E-state index contributed by atoms with van der Waals surface area (Å²) in [5, 5.41) is 13.3. The molecule has 3 rings (SSSR count). The number of benzene rings is 2. The zero-order valence-electron chi connectivity index (χ0n) is 14.5. The van der Waals surface area contributed by atoms with Gasteiger partial charge < -0.3 is 15.2 Å². The van der Waals surface area contributed by atoms with Crippen LogP contribution in [0.4, 0.5) is 5.69 Å². The Kier molecular flexibility index (Phi) is 5.28. The summed E-state index contributed by atoms with van der Waals surface area (Å²) in [6, 6.07) is 10.5. The number of rotatable bonds is 5. The van der Waals surface area contributed by atoms with Crippen LogP contribution in [0.15, 0.2) is 36.4 Å². The van der Waals surface area contributed by atoms with Gasteiger partial charge in [0.1, 0.15) is 5.75 Å². The lowest BCUT2D eigenvalue weighted by molar-refractivity contribution is -0.110. The van der Waals surface area contributed by atoms with Crippen molar-refractivity contribution in [3.05, 3.63) is 57.6 Å². The highest BCUT2D eigenvalue weighted by Gasteiger charge is 2.25.